The van der Waals surface area contributed by atoms with Crippen molar-refractivity contribution in [3.05, 3.63) is 121 Å². The fourth-order valence-electron chi connectivity index (χ4n) is 4.03. The first-order valence-corrected chi connectivity index (χ1v) is 12.2. The molecular weight excluding hydrogens is 444 g/mol. The molecular formula is C32H28N2S. The fraction of sp³-hybridized carbons (Fsp3) is 0.0625. The van der Waals surface area contributed by atoms with Crippen LogP contribution in [0.4, 0.5) is 0 Å². The number of aromatic nitrogens is 2. The maximum atomic E-state index is 5.06. The van der Waals surface area contributed by atoms with Crippen LogP contribution in [-0.4, -0.2) is 9.97 Å². The predicted octanol–water partition coefficient (Wildman–Crippen LogP) is 9.49. The minimum atomic E-state index is 0.672. The lowest BCUT2D eigenvalue weighted by molar-refractivity contribution is 1.21. The third-order valence-electron chi connectivity index (χ3n) is 5.74. The molecule has 4 rings (SSSR count). The second-order valence-corrected chi connectivity index (χ2v) is 9.19. The van der Waals surface area contributed by atoms with Crippen LogP contribution in [0.5, 0.6) is 0 Å². The molecule has 2 nitrogen and oxygen atoms in total. The van der Waals surface area contributed by atoms with Crippen molar-refractivity contribution in [3.63, 3.8) is 0 Å². The molecule has 0 spiro atoms. The van der Waals surface area contributed by atoms with Gasteiger partial charge in [-0.1, -0.05) is 105 Å². The van der Waals surface area contributed by atoms with E-state index in [9.17, 15) is 0 Å². The second-order valence-electron chi connectivity index (χ2n) is 8.16. The maximum absolute atomic E-state index is 5.06. The first kappa shape index (κ1) is 24.1. The van der Waals surface area contributed by atoms with Gasteiger partial charge in [0.2, 0.25) is 0 Å². The summed E-state index contributed by atoms with van der Waals surface area (Å²) in [4.78, 5) is 12.0. The van der Waals surface area contributed by atoms with Crippen molar-refractivity contribution < 1.29 is 0 Å². The molecule has 3 heteroatoms. The highest BCUT2D eigenvalue weighted by atomic mass is 32.1. The smallest absolute Gasteiger partial charge is 0.161 e. The van der Waals surface area contributed by atoms with Gasteiger partial charge in [-0.2, -0.15) is 0 Å². The number of benzene rings is 2. The minimum Gasteiger partial charge on any atom is -0.227 e. The first-order chi connectivity index (χ1) is 17.0. The molecule has 0 aliphatic heterocycles. The average molecular weight is 473 g/mol. The van der Waals surface area contributed by atoms with Gasteiger partial charge in [0, 0.05) is 27.0 Å². The SMILES string of the molecule is C=C/C=C(\C=C)c1nc(-c2cccc(-c3cccc(C(=C)C)c3)c2)nc2sc(C=C)c(/C=C\C)c12. The first-order valence-electron chi connectivity index (χ1n) is 11.4. The summed E-state index contributed by atoms with van der Waals surface area (Å²) in [6.07, 6.45) is 11.5. The number of hydrogen-bond acceptors (Lipinski definition) is 3. The Morgan fingerprint density at radius 1 is 0.943 bits per heavy atom. The van der Waals surface area contributed by atoms with Crippen LogP contribution in [0.2, 0.25) is 0 Å². The van der Waals surface area contributed by atoms with Gasteiger partial charge in [-0.3, -0.25) is 0 Å². The summed E-state index contributed by atoms with van der Waals surface area (Å²) in [6, 6.07) is 16.8. The minimum absolute atomic E-state index is 0.672. The number of allylic oxidation sites excluding steroid dienone is 6. The second kappa shape index (κ2) is 10.5. The van der Waals surface area contributed by atoms with Crippen molar-refractivity contribution in [2.75, 3.05) is 0 Å². The van der Waals surface area contributed by atoms with Gasteiger partial charge in [0.05, 0.1) is 5.69 Å². The molecule has 0 bridgehead atoms. The molecule has 172 valence electrons. The van der Waals surface area contributed by atoms with E-state index in [-0.39, 0.29) is 0 Å². The van der Waals surface area contributed by atoms with E-state index in [2.05, 4.69) is 74.9 Å². The number of rotatable bonds is 8. The van der Waals surface area contributed by atoms with Crippen molar-refractivity contribution in [2.24, 2.45) is 0 Å². The molecule has 2 aromatic heterocycles. The number of fused-ring (bicyclic) bond motifs is 1. The molecule has 4 aromatic rings. The molecule has 0 fully saturated rings. The Labute approximate surface area is 211 Å². The number of hydrogen-bond donors (Lipinski definition) is 0. The molecule has 0 saturated heterocycles. The lowest BCUT2D eigenvalue weighted by Crippen LogP contribution is -1.97. The third kappa shape index (κ3) is 4.77. The van der Waals surface area contributed by atoms with Crippen molar-refractivity contribution >= 4 is 44.9 Å². The number of thiophene rings is 1. The summed E-state index contributed by atoms with van der Waals surface area (Å²) in [5.74, 6) is 0.672. The van der Waals surface area contributed by atoms with E-state index in [0.717, 1.165) is 59.8 Å². The van der Waals surface area contributed by atoms with Gasteiger partial charge < -0.3 is 0 Å². The van der Waals surface area contributed by atoms with E-state index in [0.29, 0.717) is 5.82 Å². The summed E-state index contributed by atoms with van der Waals surface area (Å²) in [6.45, 7) is 20.0. The highest BCUT2D eigenvalue weighted by Crippen LogP contribution is 2.38. The highest BCUT2D eigenvalue weighted by Gasteiger charge is 2.18. The Morgan fingerprint density at radius 2 is 1.66 bits per heavy atom. The van der Waals surface area contributed by atoms with E-state index >= 15 is 0 Å². The highest BCUT2D eigenvalue weighted by molar-refractivity contribution is 7.19. The molecule has 0 radical (unpaired) electrons. The van der Waals surface area contributed by atoms with Crippen LogP contribution in [0.3, 0.4) is 0 Å². The van der Waals surface area contributed by atoms with E-state index in [1.807, 2.05) is 44.2 Å². The quantitative estimate of drug-likeness (QED) is 0.239. The lowest BCUT2D eigenvalue weighted by Gasteiger charge is -2.10. The molecule has 0 aliphatic carbocycles. The summed E-state index contributed by atoms with van der Waals surface area (Å²) < 4.78 is 0. The van der Waals surface area contributed by atoms with E-state index in [1.54, 1.807) is 17.4 Å². The summed E-state index contributed by atoms with van der Waals surface area (Å²) in [5.41, 5.74) is 8.18. The van der Waals surface area contributed by atoms with Gasteiger partial charge in [-0.05, 0) is 42.7 Å². The molecule has 0 atom stereocenters. The van der Waals surface area contributed by atoms with Crippen molar-refractivity contribution in [2.45, 2.75) is 13.8 Å². The Kier molecular flexibility index (Phi) is 7.19. The van der Waals surface area contributed by atoms with E-state index in [1.165, 1.54) is 0 Å². The van der Waals surface area contributed by atoms with Crippen LogP contribution in [0.15, 0.2) is 99.2 Å². The molecule has 35 heavy (non-hydrogen) atoms. The predicted molar refractivity (Wildman–Crippen MR) is 156 cm³/mol. The molecule has 2 aromatic carbocycles. The van der Waals surface area contributed by atoms with Crippen LogP contribution in [-0.2, 0) is 0 Å². The van der Waals surface area contributed by atoms with Crippen LogP contribution < -0.4 is 0 Å². The summed E-state index contributed by atoms with van der Waals surface area (Å²) >= 11 is 1.62. The van der Waals surface area contributed by atoms with Crippen molar-refractivity contribution in [1.82, 2.24) is 9.97 Å². The van der Waals surface area contributed by atoms with Gasteiger partial charge >= 0.3 is 0 Å². The molecule has 0 unspecified atom stereocenters. The normalized spacial score (nSPS) is 11.7. The molecule has 0 saturated carbocycles. The maximum Gasteiger partial charge on any atom is 0.161 e. The van der Waals surface area contributed by atoms with Gasteiger partial charge in [-0.25, -0.2) is 9.97 Å². The van der Waals surface area contributed by atoms with E-state index < -0.39 is 0 Å². The van der Waals surface area contributed by atoms with Crippen molar-refractivity contribution in [1.29, 1.82) is 0 Å². The molecule has 0 N–H and O–H groups in total. The zero-order valence-corrected chi connectivity index (χ0v) is 21.0. The van der Waals surface area contributed by atoms with Gasteiger partial charge in [0.15, 0.2) is 5.82 Å². The largest absolute Gasteiger partial charge is 0.227 e. The van der Waals surface area contributed by atoms with Gasteiger partial charge in [0.25, 0.3) is 0 Å². The summed E-state index contributed by atoms with van der Waals surface area (Å²) in [7, 11) is 0. The monoisotopic (exact) mass is 472 g/mol. The van der Waals surface area contributed by atoms with Gasteiger partial charge in [0.1, 0.15) is 4.83 Å². The summed E-state index contributed by atoms with van der Waals surface area (Å²) in [5, 5.41) is 1.00. The van der Waals surface area contributed by atoms with Crippen LogP contribution in [0.1, 0.15) is 35.5 Å². The van der Waals surface area contributed by atoms with E-state index in [4.69, 9.17) is 9.97 Å². The van der Waals surface area contributed by atoms with Crippen LogP contribution in [0, 0.1) is 0 Å². The topological polar surface area (TPSA) is 25.8 Å². The zero-order valence-electron chi connectivity index (χ0n) is 20.2. The molecule has 0 aliphatic rings. The van der Waals surface area contributed by atoms with Crippen LogP contribution in [0.25, 0.3) is 56.0 Å². The Bertz CT molecular complexity index is 1530. The third-order valence-corrected chi connectivity index (χ3v) is 6.83. The molecule has 2 heterocycles. The standard InChI is InChI=1S/C32H28N2S/c1-7-13-22(9-3)30-29-27(14-8-2)28(10-4)35-32(29)34-31(33-30)26-18-12-17-25(20-26)24-16-11-15-23(19-24)21(5)6/h7-20H,1,3-5H2,2,6H3/b14-8-,22-13+. The Morgan fingerprint density at radius 3 is 2.31 bits per heavy atom. The Hall–Kier alpha value is -4.08. The Balaban J connectivity index is 1.96. The fourth-order valence-corrected chi connectivity index (χ4v) is 5.05. The zero-order chi connectivity index (χ0) is 24.9. The molecule has 0 amide bonds. The number of nitrogens with zero attached hydrogens (tertiary/aromatic N) is 2. The average Bonchev–Trinajstić information content (AvgIpc) is 3.24. The van der Waals surface area contributed by atoms with Crippen LogP contribution >= 0.6 is 11.3 Å². The van der Waals surface area contributed by atoms with Gasteiger partial charge in [-0.15, -0.1) is 11.3 Å². The lowest BCUT2D eigenvalue weighted by atomic mass is 9.98. The van der Waals surface area contributed by atoms with Crippen molar-refractivity contribution in [3.8, 4) is 22.5 Å².